The number of phenolic OH excluding ortho intramolecular Hbond substituents is 1. The highest BCUT2D eigenvalue weighted by atomic mass is 79.9. The minimum atomic E-state index is -2.33. The van der Waals surface area contributed by atoms with Crippen molar-refractivity contribution in [2.45, 2.75) is 28.5 Å². The molecule has 2 saturated heterocycles. The van der Waals surface area contributed by atoms with Crippen molar-refractivity contribution in [2.75, 3.05) is 35.9 Å². The molecule has 1 N–H and O–H groups in total. The van der Waals surface area contributed by atoms with Gasteiger partial charge in [0.05, 0.1) is 44.6 Å². The zero-order valence-corrected chi connectivity index (χ0v) is 33.3. The fraction of sp³-hybridized carbons (Fsp3) is 0.314. The molecule has 1 saturated carbocycles. The third-order valence-electron chi connectivity index (χ3n) is 10.8. The number of fused-ring (bicyclic) bond motifs is 4. The Morgan fingerprint density at radius 1 is 0.909 bits per heavy atom. The molecule has 20 heteroatoms. The molecular weight excluding hydrogens is 900 g/mol. The first-order valence-corrected chi connectivity index (χ1v) is 18.6. The predicted octanol–water partition coefficient (Wildman–Crippen LogP) is 6.72. The summed E-state index contributed by atoms with van der Waals surface area (Å²) in [4.78, 5) is 78.6. The third-order valence-corrected chi connectivity index (χ3v) is 14.3. The Bertz CT molecular complexity index is 2300. The monoisotopic (exact) mass is 923 g/mol. The molecule has 2 aliphatic heterocycles. The maximum absolute atomic E-state index is 14.7. The van der Waals surface area contributed by atoms with E-state index >= 15 is 0 Å². The molecule has 6 unspecified atom stereocenters. The molecule has 0 aromatic heterocycles. The fourth-order valence-electron chi connectivity index (χ4n) is 8.43. The number of methoxy groups -OCH3 is 1. The van der Waals surface area contributed by atoms with Crippen molar-refractivity contribution in [3.63, 3.8) is 0 Å². The average Bonchev–Trinajstić information content (AvgIpc) is 3.48. The first-order valence-electron chi connectivity index (χ1n) is 16.3. The summed E-state index contributed by atoms with van der Waals surface area (Å²) >= 11 is 21.7. The highest BCUT2D eigenvalue weighted by Gasteiger charge is 2.77. The van der Waals surface area contributed by atoms with E-state index in [1.807, 2.05) is 0 Å². The first kappa shape index (κ1) is 38.6. The molecule has 4 amide bonds. The number of nitro benzene ring substituents is 2. The molecule has 3 aromatic rings. The van der Waals surface area contributed by atoms with Gasteiger partial charge in [0.1, 0.15) is 5.82 Å². The molecule has 0 radical (unpaired) electrons. The number of anilines is 3. The summed E-state index contributed by atoms with van der Waals surface area (Å²) < 4.78 is 19.7. The molecular formula is C35H26Br2Cl2FN5O10. The minimum Gasteiger partial charge on any atom is -0.503 e. The topological polar surface area (TPSA) is 194 Å². The van der Waals surface area contributed by atoms with E-state index in [1.54, 1.807) is 6.08 Å². The number of hydrogen-bond donors (Lipinski definition) is 1. The van der Waals surface area contributed by atoms with E-state index in [-0.39, 0.29) is 43.8 Å². The smallest absolute Gasteiger partial charge is 0.301 e. The third kappa shape index (κ3) is 5.31. The number of amides is 4. The Morgan fingerprint density at radius 3 is 2.05 bits per heavy atom. The van der Waals surface area contributed by atoms with E-state index in [1.165, 1.54) is 44.3 Å². The molecule has 4 aliphatic rings. The van der Waals surface area contributed by atoms with Gasteiger partial charge in [0, 0.05) is 36.6 Å². The van der Waals surface area contributed by atoms with E-state index in [4.69, 9.17) is 27.9 Å². The van der Waals surface area contributed by atoms with Gasteiger partial charge in [-0.2, -0.15) is 0 Å². The average molecular weight is 926 g/mol. The van der Waals surface area contributed by atoms with E-state index < -0.39 is 96.2 Å². The second-order valence-electron chi connectivity index (χ2n) is 13.6. The number of allylic oxidation sites excluding steroid dienone is 2. The highest BCUT2D eigenvalue weighted by Crippen LogP contribution is 2.67. The van der Waals surface area contributed by atoms with Crippen molar-refractivity contribution >= 4 is 107 Å². The molecule has 0 spiro atoms. The van der Waals surface area contributed by atoms with Gasteiger partial charge in [0.15, 0.2) is 26.9 Å². The summed E-state index contributed by atoms with van der Waals surface area (Å²) in [6.45, 7) is 0. The van der Waals surface area contributed by atoms with Crippen LogP contribution in [0.5, 0.6) is 11.5 Å². The zero-order valence-electron chi connectivity index (χ0n) is 28.6. The Balaban J connectivity index is 1.43. The van der Waals surface area contributed by atoms with Crippen molar-refractivity contribution < 1.29 is 43.3 Å². The van der Waals surface area contributed by atoms with Crippen molar-refractivity contribution in [2.24, 2.45) is 17.8 Å². The number of aromatic hydroxyl groups is 1. The van der Waals surface area contributed by atoms with E-state index in [2.05, 4.69) is 31.9 Å². The second kappa shape index (κ2) is 13.2. The van der Waals surface area contributed by atoms with E-state index in [0.717, 1.165) is 29.2 Å². The van der Waals surface area contributed by atoms with Crippen molar-refractivity contribution in [3.05, 3.63) is 94.7 Å². The van der Waals surface area contributed by atoms with Crippen LogP contribution < -0.4 is 19.4 Å². The number of imide groups is 2. The highest BCUT2D eigenvalue weighted by molar-refractivity contribution is 9.13. The first-order chi connectivity index (χ1) is 25.8. The molecule has 7 rings (SSSR count). The lowest BCUT2D eigenvalue weighted by Crippen LogP contribution is -2.60. The number of alkyl halides is 2. The van der Waals surface area contributed by atoms with Crippen LogP contribution in [0.4, 0.5) is 32.8 Å². The lowest BCUT2D eigenvalue weighted by atomic mass is 9.56. The van der Waals surface area contributed by atoms with Crippen LogP contribution in [0.1, 0.15) is 24.3 Å². The number of nitro groups is 2. The summed E-state index contributed by atoms with van der Waals surface area (Å²) in [5.74, 6) is -9.43. The van der Waals surface area contributed by atoms with Gasteiger partial charge in [-0.15, -0.1) is 23.2 Å². The van der Waals surface area contributed by atoms with Crippen LogP contribution in [0.15, 0.2) is 63.1 Å². The van der Waals surface area contributed by atoms with Gasteiger partial charge in [-0.1, -0.05) is 11.6 Å². The zero-order chi connectivity index (χ0) is 40.2. The van der Waals surface area contributed by atoms with Gasteiger partial charge in [-0.05, 0) is 86.5 Å². The summed E-state index contributed by atoms with van der Waals surface area (Å²) in [6.07, 6.45) is 1.07. The van der Waals surface area contributed by atoms with Gasteiger partial charge in [0.25, 0.3) is 11.8 Å². The van der Waals surface area contributed by atoms with Crippen LogP contribution >= 0.6 is 55.1 Å². The van der Waals surface area contributed by atoms with Gasteiger partial charge in [-0.25, -0.2) is 14.2 Å². The quantitative estimate of drug-likeness (QED) is 0.0870. The van der Waals surface area contributed by atoms with Crippen LogP contribution in [0.25, 0.3) is 0 Å². The summed E-state index contributed by atoms with van der Waals surface area (Å²) in [5, 5.41) is 35.1. The number of carbonyl (C=O) groups excluding carboxylic acids is 4. The SMILES string of the molecule is COc1cc(C2C3=CCC4C(=O)N(c5cc([N+](=O)[O-])c(N(C)C)c([N+](=O)[O-])c5)C(=O)C4C3CC3(Cl)C(=O)N(c4ccc(F)cc4)C(=O)C23Cl)c(Br)c(Br)c1O. The number of benzene rings is 3. The van der Waals surface area contributed by atoms with Gasteiger partial charge < -0.3 is 14.7 Å². The van der Waals surface area contributed by atoms with Gasteiger partial charge in [0.2, 0.25) is 11.8 Å². The number of rotatable bonds is 7. The van der Waals surface area contributed by atoms with Crippen molar-refractivity contribution in [1.29, 1.82) is 0 Å². The lowest BCUT2D eigenvalue weighted by molar-refractivity contribution is -0.392. The van der Waals surface area contributed by atoms with Crippen molar-refractivity contribution in [1.82, 2.24) is 0 Å². The van der Waals surface area contributed by atoms with E-state index in [0.29, 0.717) is 10.5 Å². The van der Waals surface area contributed by atoms with E-state index in [9.17, 15) is 48.9 Å². The summed E-state index contributed by atoms with van der Waals surface area (Å²) in [5.41, 5.74) is -1.69. The molecule has 6 atom stereocenters. The molecule has 2 heterocycles. The van der Waals surface area contributed by atoms with Crippen LogP contribution in [0.3, 0.4) is 0 Å². The molecule has 15 nitrogen and oxygen atoms in total. The maximum Gasteiger partial charge on any atom is 0.301 e. The van der Waals surface area contributed by atoms with Gasteiger partial charge in [-0.3, -0.25) is 39.4 Å². The predicted molar refractivity (Wildman–Crippen MR) is 203 cm³/mol. The normalized spacial score (nSPS) is 27.1. The Kier molecular flexibility index (Phi) is 9.30. The van der Waals surface area contributed by atoms with Crippen molar-refractivity contribution in [3.8, 4) is 11.5 Å². The molecule has 0 bridgehead atoms. The van der Waals surface area contributed by atoms with Crippen LogP contribution in [-0.2, 0) is 19.2 Å². The number of carbonyl (C=O) groups is 4. The fourth-order valence-corrected chi connectivity index (χ4v) is 10.3. The van der Waals surface area contributed by atoms with Crippen LogP contribution in [-0.4, -0.2) is 69.5 Å². The summed E-state index contributed by atoms with van der Waals surface area (Å²) in [6, 6.07) is 7.71. The lowest BCUT2D eigenvalue weighted by Gasteiger charge is -2.51. The van der Waals surface area contributed by atoms with Crippen LogP contribution in [0, 0.1) is 43.8 Å². The number of halogens is 5. The Labute approximate surface area is 337 Å². The molecule has 2 aliphatic carbocycles. The number of hydrogen-bond acceptors (Lipinski definition) is 11. The molecule has 55 heavy (non-hydrogen) atoms. The number of nitrogens with zero attached hydrogens (tertiary/aromatic N) is 5. The second-order valence-corrected chi connectivity index (χ2v) is 16.5. The molecule has 286 valence electrons. The standard InChI is InChI=1S/C35H26Br2Cl2FN5O10/c1-41(2)28-21(44(51)52)10-16(11-22(28)45(53)54)42-30(47)18-9-8-17-20(24(18)31(42)48)13-34(38)32(49)43(15-6-4-14(40)5-7-15)33(50)35(34,39)25(17)19-12-23(55-3)29(46)27(37)26(19)36/h4-8,10-12,18,20,24-25,46H,9,13H2,1-3H3. The molecule has 3 fully saturated rings. The number of phenols is 1. The molecule has 3 aromatic carbocycles. The Hall–Kier alpha value is -4.65. The Morgan fingerprint density at radius 2 is 1.51 bits per heavy atom. The maximum atomic E-state index is 14.7. The minimum absolute atomic E-state index is 0.0365. The van der Waals surface area contributed by atoms with Gasteiger partial charge >= 0.3 is 11.4 Å². The number of ether oxygens (including phenoxy) is 1. The largest absolute Gasteiger partial charge is 0.503 e. The summed E-state index contributed by atoms with van der Waals surface area (Å²) in [7, 11) is 4.02. The van der Waals surface area contributed by atoms with Crippen LogP contribution in [0.2, 0.25) is 0 Å².